The van der Waals surface area contributed by atoms with E-state index >= 15 is 0 Å². The number of likely N-dealkylation sites (tertiary alicyclic amines) is 5. The molecule has 8 N–H and O–H groups in total. The molecule has 0 unspecified atom stereocenters. The van der Waals surface area contributed by atoms with Crippen molar-refractivity contribution in [2.75, 3.05) is 124 Å². The molecule has 8 aliphatic carbocycles. The first kappa shape index (κ1) is 104. The lowest BCUT2D eigenvalue weighted by atomic mass is 9.81. The van der Waals surface area contributed by atoms with E-state index in [4.69, 9.17) is 42.1 Å². The molecule has 0 spiro atoms. The highest BCUT2D eigenvalue weighted by Crippen LogP contribution is 2.49. The van der Waals surface area contributed by atoms with Crippen molar-refractivity contribution in [2.45, 2.75) is 418 Å². The van der Waals surface area contributed by atoms with Crippen LogP contribution in [-0.4, -0.2) is 197 Å². The maximum absolute atomic E-state index is 7.02. The standard InChI is InChI=1S/2C26H40N4.2C25H38N4.C23H34N4/c27-26(16-8-3-9-17-26)25-28-23-12-6-7-13-24(23)30(25)22-14-18-29(19-15-22)20-21-10-4-1-2-5-11-21;1-2-4-8-21(9-5-3-1)20-29-18-14-23(15-19-29)30-25-11-7-6-10-24(25)28-26(30)22-12-16-27-17-13-22;26-25(15-7-8-16-25)24-27-22-11-5-6-12-23(22)29(24)21-13-17-28(18-14-21)19-20-9-3-1-2-4-10-20;1-2-4-9-20(8-3-1)19-28-16-13-22(14-17-28)29-24-12-6-5-11-23(24)27-25(29)21-10-7-15-26-18-21;24-23(13-14-23)22-25-20-9-5-6-10-21(20)27(22)19-11-15-26(16-12-19)17-18-7-3-1-2-4-8-18/h6-7,12-13,21-22H,1-5,8-11,14-20,27H2;6-7,10-11,21-23,27H,1-5,8-9,12-20H2;5-6,11-12,20-21H,1-4,7-10,13-19,26H2;5-6,11-12,20-22,26H,1-4,7-10,13-19H2;5-6,9-10,18-19H,1-4,7-8,11-17,24H2/t;;;21-;/m...0./s1. The molecule has 0 bridgehead atoms. The molecule has 15 aliphatic rings. The van der Waals surface area contributed by atoms with Crippen molar-refractivity contribution in [2.24, 2.45) is 46.8 Å². The quantitative estimate of drug-likeness (QED) is 0.0450. The molecule has 145 heavy (non-hydrogen) atoms. The highest BCUT2D eigenvalue weighted by atomic mass is 15.2. The van der Waals surface area contributed by atoms with Crippen molar-refractivity contribution < 1.29 is 0 Å². The summed E-state index contributed by atoms with van der Waals surface area (Å²) in [6, 6.07) is 46.5. The zero-order chi connectivity index (χ0) is 98.0. The van der Waals surface area contributed by atoms with E-state index in [-0.39, 0.29) is 16.6 Å². The molecule has 5 aromatic carbocycles. The molecule has 790 valence electrons. The van der Waals surface area contributed by atoms with Gasteiger partial charge in [0.15, 0.2) is 0 Å². The summed E-state index contributed by atoms with van der Waals surface area (Å²) in [6.45, 7) is 23.6. The van der Waals surface area contributed by atoms with Crippen LogP contribution in [0.15, 0.2) is 121 Å². The highest BCUT2D eigenvalue weighted by Gasteiger charge is 2.47. The summed E-state index contributed by atoms with van der Waals surface area (Å²) in [7, 11) is 0. The van der Waals surface area contributed by atoms with Gasteiger partial charge < -0.3 is 75.2 Å². The van der Waals surface area contributed by atoms with Crippen molar-refractivity contribution in [3.63, 3.8) is 0 Å². The van der Waals surface area contributed by atoms with E-state index in [1.54, 1.807) is 0 Å². The summed E-state index contributed by atoms with van der Waals surface area (Å²) < 4.78 is 13.0. The van der Waals surface area contributed by atoms with Gasteiger partial charge in [-0.1, -0.05) is 228 Å². The van der Waals surface area contributed by atoms with Crippen LogP contribution < -0.4 is 27.8 Å². The lowest BCUT2D eigenvalue weighted by molar-refractivity contribution is 0.151. The van der Waals surface area contributed by atoms with Crippen molar-refractivity contribution in [1.29, 1.82) is 0 Å². The van der Waals surface area contributed by atoms with Crippen molar-refractivity contribution in [3.8, 4) is 0 Å². The van der Waals surface area contributed by atoms with Gasteiger partial charge in [0.05, 0.1) is 71.8 Å². The largest absolute Gasteiger partial charge is 0.325 e. The lowest BCUT2D eigenvalue weighted by Crippen LogP contribution is -2.43. The second kappa shape index (κ2) is 50.5. The molecule has 10 aromatic rings. The topological polar surface area (TPSA) is 207 Å². The Morgan fingerprint density at radius 2 is 0.455 bits per heavy atom. The van der Waals surface area contributed by atoms with E-state index < -0.39 is 0 Å². The molecule has 7 aliphatic heterocycles. The summed E-state index contributed by atoms with van der Waals surface area (Å²) in [6.07, 6.45) is 75.4. The van der Waals surface area contributed by atoms with E-state index in [0.717, 1.165) is 117 Å². The Morgan fingerprint density at radius 1 is 0.221 bits per heavy atom. The average molecular weight is 1970 g/mol. The Morgan fingerprint density at radius 3 is 0.731 bits per heavy atom. The van der Waals surface area contributed by atoms with Crippen LogP contribution in [0.1, 0.15) is 431 Å². The van der Waals surface area contributed by atoms with Gasteiger partial charge in [0.25, 0.3) is 0 Å². The number of fused-ring (bicyclic) bond motifs is 5. The molecule has 7 saturated heterocycles. The zero-order valence-corrected chi connectivity index (χ0v) is 89.9. The van der Waals surface area contributed by atoms with Gasteiger partial charge in [0.1, 0.15) is 29.1 Å². The van der Waals surface area contributed by atoms with Crippen LogP contribution in [0.4, 0.5) is 0 Å². The van der Waals surface area contributed by atoms with Crippen molar-refractivity contribution in [3.05, 3.63) is 150 Å². The zero-order valence-electron chi connectivity index (χ0n) is 89.9. The van der Waals surface area contributed by atoms with Gasteiger partial charge in [-0.15, -0.1) is 0 Å². The number of piperidine rings is 7. The maximum atomic E-state index is 7.02. The molecule has 15 fully saturated rings. The van der Waals surface area contributed by atoms with E-state index in [9.17, 15) is 0 Å². The third kappa shape index (κ3) is 26.0. The van der Waals surface area contributed by atoms with Crippen molar-refractivity contribution >= 4 is 55.2 Å². The minimum Gasteiger partial charge on any atom is -0.325 e. The number of rotatable bonds is 20. The van der Waals surface area contributed by atoms with Gasteiger partial charge in [-0.05, 0) is 303 Å². The molecule has 1 atom stereocenters. The van der Waals surface area contributed by atoms with Crippen molar-refractivity contribution in [1.82, 2.24) is 82.9 Å². The van der Waals surface area contributed by atoms with E-state index in [1.807, 2.05) is 0 Å². The minimum atomic E-state index is -0.241. The molecule has 20 heteroatoms. The Kier molecular flexibility index (Phi) is 36.2. The van der Waals surface area contributed by atoms with E-state index in [2.05, 4.69) is 179 Å². The molecule has 0 amide bonds. The number of para-hydroxylation sites is 10. The molecule has 12 heterocycles. The van der Waals surface area contributed by atoms with Crippen LogP contribution in [0.2, 0.25) is 0 Å². The number of benzene rings is 5. The van der Waals surface area contributed by atoms with Gasteiger partial charge in [0, 0.05) is 147 Å². The molecule has 5 aromatic heterocycles. The van der Waals surface area contributed by atoms with Gasteiger partial charge in [0.2, 0.25) is 0 Å². The fourth-order valence-corrected chi connectivity index (χ4v) is 30.4. The number of imidazole rings is 5. The SMILES string of the molecule is NC1(c2nc3ccccc3n2C2CCN(CC3CCCCCC3)CC2)CC1.NC1(c2nc3ccccc3n2C2CCN(CC3CCCCCC3)CC2)CCCC1.NC1(c2nc3ccccc3n2C2CCN(CC3CCCCCC3)CC2)CCCCC1.c1ccc2c(c1)nc(C1CCNCC1)n2C1CCN(CC2CCCCCCC2)CC1.c1ccc2c(c1)nc([C@H]1CCCNC1)n2C1CCN(CC2CCCCCC2)CC1. The number of hydrogen-bond donors (Lipinski definition) is 5. The summed E-state index contributed by atoms with van der Waals surface area (Å²) in [5, 5.41) is 7.13. The minimum absolute atomic E-state index is 0.170. The Hall–Kier alpha value is -6.95. The molecular weight excluding hydrogens is 1780 g/mol. The third-order valence-electron chi connectivity index (χ3n) is 39.1. The highest BCUT2D eigenvalue weighted by molar-refractivity contribution is 5.80. The predicted octanol–water partition coefficient (Wildman–Crippen LogP) is 26.3. The van der Waals surface area contributed by atoms with Gasteiger partial charge in [-0.2, -0.15) is 0 Å². The van der Waals surface area contributed by atoms with E-state index in [1.165, 1.54) is 481 Å². The van der Waals surface area contributed by atoms with E-state index in [0.29, 0.717) is 42.0 Å². The molecular formula is C125H190N20. The normalized spacial score (nSPS) is 24.9. The third-order valence-corrected chi connectivity index (χ3v) is 39.1. The maximum Gasteiger partial charge on any atom is 0.130 e. The van der Waals surface area contributed by atoms with Crippen LogP contribution in [0.3, 0.4) is 0 Å². The summed E-state index contributed by atoms with van der Waals surface area (Å²) in [5.74, 6) is 12.1. The number of nitrogens with two attached hydrogens (primary N) is 3. The first-order valence-corrected chi connectivity index (χ1v) is 61.2. The number of aromatic nitrogens is 10. The first-order chi connectivity index (χ1) is 71.4. The second-order valence-electron chi connectivity index (χ2n) is 49.6. The van der Waals surface area contributed by atoms with Crippen LogP contribution in [0.25, 0.3) is 55.2 Å². The molecule has 0 radical (unpaired) electrons. The van der Waals surface area contributed by atoms with Gasteiger partial charge >= 0.3 is 0 Å². The van der Waals surface area contributed by atoms with Crippen LogP contribution in [-0.2, 0) is 16.6 Å². The number of nitrogens with zero attached hydrogens (tertiary/aromatic N) is 15. The Balaban J connectivity index is 0.000000107. The number of nitrogens with one attached hydrogen (secondary N) is 2. The summed E-state index contributed by atoms with van der Waals surface area (Å²) >= 11 is 0. The fourth-order valence-electron chi connectivity index (χ4n) is 30.4. The monoisotopic (exact) mass is 1970 g/mol. The van der Waals surface area contributed by atoms with Crippen LogP contribution >= 0.6 is 0 Å². The van der Waals surface area contributed by atoms with Gasteiger partial charge in [-0.25, -0.2) is 24.9 Å². The van der Waals surface area contributed by atoms with Crippen LogP contribution in [0, 0.1) is 29.6 Å². The molecule has 20 nitrogen and oxygen atoms in total. The molecule has 25 rings (SSSR count). The average Bonchev–Trinajstić information content (AvgIpc) is 1.55. The summed E-state index contributed by atoms with van der Waals surface area (Å²) in [5.41, 5.74) is 32.3. The summed E-state index contributed by atoms with van der Waals surface area (Å²) in [4.78, 5) is 39.3. The first-order valence-electron chi connectivity index (χ1n) is 61.2. The number of hydrogen-bond acceptors (Lipinski definition) is 15. The predicted molar refractivity (Wildman–Crippen MR) is 601 cm³/mol. The Labute approximate surface area is 872 Å². The second-order valence-corrected chi connectivity index (χ2v) is 49.6. The lowest BCUT2D eigenvalue weighted by Gasteiger charge is -2.38. The van der Waals surface area contributed by atoms with Crippen LogP contribution in [0.5, 0.6) is 0 Å². The smallest absolute Gasteiger partial charge is 0.130 e. The fraction of sp³-hybridized carbons (Fsp3) is 0.720. The van der Waals surface area contributed by atoms with Gasteiger partial charge in [-0.3, -0.25) is 0 Å². The Bertz CT molecular complexity index is 5550. The molecule has 8 saturated carbocycles.